The van der Waals surface area contributed by atoms with E-state index in [0.29, 0.717) is 0 Å². The van der Waals surface area contributed by atoms with Crippen molar-refractivity contribution in [3.05, 3.63) is 65.7 Å². The number of nitrogens with one attached hydrogen (secondary N) is 2. The van der Waals surface area contributed by atoms with Crippen molar-refractivity contribution in [2.75, 3.05) is 26.2 Å². The molecule has 0 atom stereocenters. The number of hydrogen-bond donors (Lipinski definition) is 2. The van der Waals surface area contributed by atoms with Gasteiger partial charge in [-0.25, -0.2) is 4.39 Å². The monoisotopic (exact) mass is 287 g/mol. The van der Waals surface area contributed by atoms with Crippen molar-refractivity contribution in [1.29, 1.82) is 0 Å². The Morgan fingerprint density at radius 3 is 2.19 bits per heavy atom. The van der Waals surface area contributed by atoms with Crippen molar-refractivity contribution < 1.29 is 14.2 Å². The van der Waals surface area contributed by atoms with Gasteiger partial charge in [-0.1, -0.05) is 24.3 Å². The number of halogens is 1. The largest absolute Gasteiger partial charge is 0.322 e. The lowest BCUT2D eigenvalue weighted by atomic mass is 10.2. The molecule has 0 spiro atoms. The molecule has 3 rings (SSSR count). The number of nitrogens with zero attached hydrogens (tertiary/aromatic N) is 1. The molecule has 1 fully saturated rings. The molecule has 0 aliphatic carbocycles. The Balaban J connectivity index is 1.50. The van der Waals surface area contributed by atoms with Crippen LogP contribution in [0.25, 0.3) is 0 Å². The molecule has 2 heterocycles. The number of aromatic nitrogens is 1. The summed E-state index contributed by atoms with van der Waals surface area (Å²) in [5.74, 6) is -0.0757. The molecular weight excluding hydrogens is 265 g/mol. The Morgan fingerprint density at radius 1 is 0.857 bits per heavy atom. The van der Waals surface area contributed by atoms with Gasteiger partial charge in [0.2, 0.25) is 0 Å². The molecule has 0 radical (unpaired) electrons. The Morgan fingerprint density at radius 2 is 1.52 bits per heavy atom. The van der Waals surface area contributed by atoms with Crippen LogP contribution in [-0.2, 0) is 13.1 Å². The lowest BCUT2D eigenvalue weighted by molar-refractivity contribution is -1.02. The van der Waals surface area contributed by atoms with Crippen LogP contribution in [0.3, 0.4) is 0 Å². The standard InChI is InChI=1S/C17H20FN3/c18-17-7-2-1-5-15(17)13-20-9-11-21(12-10-20)14-16-6-3-4-8-19-16/h1-8H,9-14H2/p+2. The SMILES string of the molecule is Fc1ccccc1C[NH+]1CC[NH+](Cc2ccccn2)CC1. The molecule has 0 bridgehead atoms. The zero-order chi connectivity index (χ0) is 14.5. The van der Waals surface area contributed by atoms with Crippen LogP contribution in [0.1, 0.15) is 11.3 Å². The van der Waals surface area contributed by atoms with E-state index in [9.17, 15) is 4.39 Å². The summed E-state index contributed by atoms with van der Waals surface area (Å²) in [7, 11) is 0. The predicted octanol–water partition coefficient (Wildman–Crippen LogP) is -0.296. The van der Waals surface area contributed by atoms with Crippen molar-refractivity contribution in [3.8, 4) is 0 Å². The fourth-order valence-corrected chi connectivity index (χ4v) is 2.98. The first-order valence-corrected chi connectivity index (χ1v) is 7.62. The zero-order valence-electron chi connectivity index (χ0n) is 12.2. The van der Waals surface area contributed by atoms with Crippen LogP contribution in [0, 0.1) is 5.82 Å². The Bertz CT molecular complexity index is 565. The summed E-state index contributed by atoms with van der Waals surface area (Å²) in [6, 6.07) is 13.2. The molecule has 3 nitrogen and oxygen atoms in total. The third kappa shape index (κ3) is 3.86. The van der Waals surface area contributed by atoms with Crippen LogP contribution >= 0.6 is 0 Å². The minimum absolute atomic E-state index is 0.0757. The van der Waals surface area contributed by atoms with Gasteiger partial charge >= 0.3 is 0 Å². The highest BCUT2D eigenvalue weighted by molar-refractivity contribution is 5.15. The van der Waals surface area contributed by atoms with Crippen LogP contribution < -0.4 is 9.80 Å². The second kappa shape index (κ2) is 6.78. The normalized spacial score (nSPS) is 22.1. The summed E-state index contributed by atoms with van der Waals surface area (Å²) in [5, 5.41) is 0. The van der Waals surface area contributed by atoms with E-state index in [-0.39, 0.29) is 5.82 Å². The quantitative estimate of drug-likeness (QED) is 0.792. The third-order valence-electron chi connectivity index (χ3n) is 4.22. The predicted molar refractivity (Wildman–Crippen MR) is 79.4 cm³/mol. The van der Waals surface area contributed by atoms with Gasteiger partial charge in [0.25, 0.3) is 0 Å². The van der Waals surface area contributed by atoms with E-state index in [2.05, 4.69) is 11.1 Å². The average molecular weight is 287 g/mol. The van der Waals surface area contributed by atoms with Crippen LogP contribution in [0.5, 0.6) is 0 Å². The molecule has 21 heavy (non-hydrogen) atoms. The average Bonchev–Trinajstić information content (AvgIpc) is 2.52. The first kappa shape index (κ1) is 14.2. The van der Waals surface area contributed by atoms with E-state index in [1.54, 1.807) is 17.0 Å². The van der Waals surface area contributed by atoms with E-state index < -0.39 is 0 Å². The van der Waals surface area contributed by atoms with Gasteiger partial charge < -0.3 is 9.80 Å². The summed E-state index contributed by atoms with van der Waals surface area (Å²) >= 11 is 0. The van der Waals surface area contributed by atoms with Gasteiger partial charge in [0.1, 0.15) is 45.1 Å². The first-order chi connectivity index (χ1) is 10.3. The zero-order valence-corrected chi connectivity index (χ0v) is 12.2. The molecule has 1 aromatic carbocycles. The number of benzene rings is 1. The fraction of sp³-hybridized carbons (Fsp3) is 0.353. The molecule has 0 saturated carbocycles. The Hall–Kier alpha value is -1.78. The van der Waals surface area contributed by atoms with Gasteiger partial charge in [-0.2, -0.15) is 0 Å². The third-order valence-corrected chi connectivity index (χ3v) is 4.22. The van der Waals surface area contributed by atoms with Crippen molar-refractivity contribution in [2.45, 2.75) is 13.1 Å². The molecule has 2 N–H and O–H groups in total. The summed E-state index contributed by atoms with van der Waals surface area (Å²) < 4.78 is 13.7. The number of hydrogen-bond acceptors (Lipinski definition) is 1. The molecule has 4 heteroatoms. The minimum atomic E-state index is -0.0757. The molecular formula is C17H22FN3+2. The van der Waals surface area contributed by atoms with Crippen molar-refractivity contribution >= 4 is 0 Å². The highest BCUT2D eigenvalue weighted by atomic mass is 19.1. The van der Waals surface area contributed by atoms with Gasteiger partial charge in [0.05, 0.1) is 5.69 Å². The summed E-state index contributed by atoms with van der Waals surface area (Å²) in [4.78, 5) is 7.45. The fourth-order valence-electron chi connectivity index (χ4n) is 2.98. The van der Waals surface area contributed by atoms with Crippen LogP contribution in [0.4, 0.5) is 4.39 Å². The summed E-state index contributed by atoms with van der Waals surface area (Å²) in [6.07, 6.45) is 1.86. The molecule has 110 valence electrons. The highest BCUT2D eigenvalue weighted by Gasteiger charge is 2.23. The van der Waals surface area contributed by atoms with Crippen LogP contribution in [0.15, 0.2) is 48.7 Å². The van der Waals surface area contributed by atoms with Crippen molar-refractivity contribution in [1.82, 2.24) is 4.98 Å². The lowest BCUT2D eigenvalue weighted by Gasteiger charge is -2.29. The molecule has 1 aromatic heterocycles. The first-order valence-electron chi connectivity index (χ1n) is 7.62. The minimum Gasteiger partial charge on any atom is -0.322 e. The van der Waals surface area contributed by atoms with Crippen LogP contribution in [0.2, 0.25) is 0 Å². The van der Waals surface area contributed by atoms with E-state index in [0.717, 1.165) is 50.5 Å². The number of piperazine rings is 1. The maximum atomic E-state index is 13.7. The second-order valence-corrected chi connectivity index (χ2v) is 5.77. The lowest BCUT2D eigenvalue weighted by Crippen LogP contribution is -3.27. The van der Waals surface area contributed by atoms with Gasteiger partial charge in [0.15, 0.2) is 0 Å². The Kier molecular flexibility index (Phi) is 4.58. The van der Waals surface area contributed by atoms with E-state index in [1.807, 2.05) is 30.5 Å². The van der Waals surface area contributed by atoms with E-state index >= 15 is 0 Å². The van der Waals surface area contributed by atoms with Crippen molar-refractivity contribution in [3.63, 3.8) is 0 Å². The molecule has 1 aliphatic rings. The molecule has 2 aromatic rings. The maximum absolute atomic E-state index is 13.7. The van der Waals surface area contributed by atoms with Gasteiger partial charge in [-0.15, -0.1) is 0 Å². The topological polar surface area (TPSA) is 21.8 Å². The highest BCUT2D eigenvalue weighted by Crippen LogP contribution is 2.04. The van der Waals surface area contributed by atoms with Gasteiger partial charge in [0, 0.05) is 11.8 Å². The summed E-state index contributed by atoms with van der Waals surface area (Å²) in [6.45, 7) is 6.23. The van der Waals surface area contributed by atoms with Gasteiger partial charge in [-0.3, -0.25) is 4.98 Å². The van der Waals surface area contributed by atoms with Crippen molar-refractivity contribution in [2.24, 2.45) is 0 Å². The molecule has 1 saturated heterocycles. The smallest absolute Gasteiger partial charge is 0.132 e. The van der Waals surface area contributed by atoms with Gasteiger partial charge in [-0.05, 0) is 18.2 Å². The van der Waals surface area contributed by atoms with E-state index in [1.165, 1.54) is 4.90 Å². The number of quaternary nitrogens is 2. The second-order valence-electron chi connectivity index (χ2n) is 5.77. The summed E-state index contributed by atoms with van der Waals surface area (Å²) in [5.41, 5.74) is 1.99. The Labute approximate surface area is 125 Å². The molecule has 0 amide bonds. The maximum Gasteiger partial charge on any atom is 0.132 e. The molecule has 0 unspecified atom stereocenters. The number of rotatable bonds is 4. The van der Waals surface area contributed by atoms with Crippen LogP contribution in [-0.4, -0.2) is 31.2 Å². The molecule has 1 aliphatic heterocycles. The number of pyridine rings is 1. The van der Waals surface area contributed by atoms with E-state index in [4.69, 9.17) is 0 Å².